The van der Waals surface area contributed by atoms with Crippen LogP contribution in [-0.2, 0) is 11.3 Å². The summed E-state index contributed by atoms with van der Waals surface area (Å²) in [6.45, 7) is 0.369. The maximum absolute atomic E-state index is 11.9. The fourth-order valence-corrected chi connectivity index (χ4v) is 2.36. The number of nitrogens with zero attached hydrogens (tertiary/aromatic N) is 1. The predicted molar refractivity (Wildman–Crippen MR) is 79.8 cm³/mol. The third-order valence-electron chi connectivity index (χ3n) is 2.64. The lowest BCUT2D eigenvalue weighted by Gasteiger charge is -2.16. The summed E-state index contributed by atoms with van der Waals surface area (Å²) < 4.78 is 11.4. The third kappa shape index (κ3) is 4.02. The van der Waals surface area contributed by atoms with E-state index in [0.717, 1.165) is 5.76 Å². The Morgan fingerprint density at radius 3 is 2.90 bits per heavy atom. The normalized spacial score (nSPS) is 10.3. The van der Waals surface area contributed by atoms with Crippen molar-refractivity contribution in [2.75, 3.05) is 13.7 Å². The predicted octanol–water partition coefficient (Wildman–Crippen LogP) is 3.73. The molecular formula is C14H13BrClNO3. The molecule has 0 saturated carbocycles. The van der Waals surface area contributed by atoms with Gasteiger partial charge in [0.15, 0.2) is 6.61 Å². The highest BCUT2D eigenvalue weighted by Crippen LogP contribution is 2.27. The van der Waals surface area contributed by atoms with Crippen molar-refractivity contribution in [1.29, 1.82) is 0 Å². The summed E-state index contributed by atoms with van der Waals surface area (Å²) in [4.78, 5) is 13.5. The summed E-state index contributed by atoms with van der Waals surface area (Å²) >= 11 is 9.17. The molecule has 1 heterocycles. The van der Waals surface area contributed by atoms with Crippen molar-refractivity contribution in [2.24, 2.45) is 0 Å². The van der Waals surface area contributed by atoms with Crippen LogP contribution in [0, 0.1) is 0 Å². The van der Waals surface area contributed by atoms with Gasteiger partial charge in [-0.25, -0.2) is 0 Å². The van der Waals surface area contributed by atoms with E-state index in [1.54, 1.807) is 42.5 Å². The van der Waals surface area contributed by atoms with Gasteiger partial charge in [0.2, 0.25) is 0 Å². The Morgan fingerprint density at radius 2 is 2.25 bits per heavy atom. The van der Waals surface area contributed by atoms with Gasteiger partial charge in [-0.05, 0) is 46.3 Å². The van der Waals surface area contributed by atoms with E-state index in [9.17, 15) is 4.79 Å². The molecule has 0 spiro atoms. The van der Waals surface area contributed by atoms with Crippen molar-refractivity contribution in [3.05, 3.63) is 51.9 Å². The zero-order valence-corrected chi connectivity index (χ0v) is 13.1. The second kappa shape index (κ2) is 6.81. The van der Waals surface area contributed by atoms with Gasteiger partial charge in [0.25, 0.3) is 5.91 Å². The molecule has 0 fully saturated rings. The van der Waals surface area contributed by atoms with E-state index in [2.05, 4.69) is 15.9 Å². The van der Waals surface area contributed by atoms with E-state index in [1.165, 1.54) is 0 Å². The molecule has 106 valence electrons. The lowest BCUT2D eigenvalue weighted by atomic mass is 10.3. The smallest absolute Gasteiger partial charge is 0.260 e. The van der Waals surface area contributed by atoms with E-state index >= 15 is 0 Å². The van der Waals surface area contributed by atoms with Crippen LogP contribution < -0.4 is 4.74 Å². The summed E-state index contributed by atoms with van der Waals surface area (Å²) in [7, 11) is 1.70. The Morgan fingerprint density at radius 1 is 1.45 bits per heavy atom. The Hall–Kier alpha value is -1.46. The molecular weight excluding hydrogens is 346 g/mol. The molecule has 20 heavy (non-hydrogen) atoms. The lowest BCUT2D eigenvalue weighted by molar-refractivity contribution is -0.132. The van der Waals surface area contributed by atoms with E-state index < -0.39 is 0 Å². The molecule has 0 saturated heterocycles. The van der Waals surface area contributed by atoms with E-state index in [4.69, 9.17) is 20.8 Å². The molecule has 2 rings (SSSR count). The largest absolute Gasteiger partial charge is 0.483 e. The highest BCUT2D eigenvalue weighted by atomic mass is 79.9. The summed E-state index contributed by atoms with van der Waals surface area (Å²) in [5, 5.41) is 0.602. The van der Waals surface area contributed by atoms with Crippen LogP contribution in [0.1, 0.15) is 5.76 Å². The minimum absolute atomic E-state index is 0.0442. The number of amides is 1. The summed E-state index contributed by atoms with van der Waals surface area (Å²) in [5.74, 6) is 1.17. The first kappa shape index (κ1) is 14.9. The third-order valence-corrected chi connectivity index (χ3v) is 3.50. The molecule has 0 radical (unpaired) electrons. The second-order valence-corrected chi connectivity index (χ2v) is 5.48. The Balaban J connectivity index is 1.88. The zero-order chi connectivity index (χ0) is 14.5. The highest BCUT2D eigenvalue weighted by molar-refractivity contribution is 9.10. The Bertz CT molecular complexity index is 586. The molecule has 0 aliphatic carbocycles. The van der Waals surface area contributed by atoms with Crippen molar-refractivity contribution in [3.8, 4) is 5.75 Å². The SMILES string of the molecule is CN(Cc1ccco1)C(=O)COc1ccc(Cl)cc1Br. The van der Waals surface area contributed by atoms with Gasteiger partial charge in [-0.15, -0.1) is 0 Å². The van der Waals surface area contributed by atoms with Crippen LogP contribution >= 0.6 is 27.5 Å². The number of halogens is 2. The van der Waals surface area contributed by atoms with E-state index in [0.29, 0.717) is 21.8 Å². The number of hydrogen-bond acceptors (Lipinski definition) is 3. The molecule has 6 heteroatoms. The van der Waals surface area contributed by atoms with Gasteiger partial charge in [-0.1, -0.05) is 11.6 Å². The molecule has 1 aromatic heterocycles. The number of ether oxygens (including phenoxy) is 1. The van der Waals surface area contributed by atoms with Crippen molar-refractivity contribution < 1.29 is 13.9 Å². The fraction of sp³-hybridized carbons (Fsp3) is 0.214. The number of hydrogen-bond donors (Lipinski definition) is 0. The van der Waals surface area contributed by atoms with Crippen LogP contribution in [0.4, 0.5) is 0 Å². The van der Waals surface area contributed by atoms with Crippen LogP contribution in [-0.4, -0.2) is 24.5 Å². The standard InChI is InChI=1S/C14H13BrClNO3/c1-17(8-11-3-2-6-19-11)14(18)9-20-13-5-4-10(16)7-12(13)15/h2-7H,8-9H2,1H3. The van der Waals surface area contributed by atoms with Crippen molar-refractivity contribution in [3.63, 3.8) is 0 Å². The molecule has 0 bridgehead atoms. The van der Waals surface area contributed by atoms with Crippen LogP contribution in [0.2, 0.25) is 5.02 Å². The molecule has 0 N–H and O–H groups in total. The Labute approximate surface area is 130 Å². The molecule has 0 aliphatic heterocycles. The highest BCUT2D eigenvalue weighted by Gasteiger charge is 2.12. The van der Waals surface area contributed by atoms with Crippen LogP contribution in [0.3, 0.4) is 0 Å². The fourth-order valence-electron chi connectivity index (χ4n) is 1.57. The van der Waals surface area contributed by atoms with E-state index in [1.807, 2.05) is 6.07 Å². The molecule has 0 unspecified atom stereocenters. The Kier molecular flexibility index (Phi) is 5.09. The number of benzene rings is 1. The van der Waals surface area contributed by atoms with Crippen LogP contribution in [0.15, 0.2) is 45.5 Å². The maximum atomic E-state index is 11.9. The van der Waals surface area contributed by atoms with Crippen molar-refractivity contribution >= 4 is 33.4 Å². The van der Waals surface area contributed by atoms with E-state index in [-0.39, 0.29) is 12.5 Å². The minimum Gasteiger partial charge on any atom is -0.483 e. The maximum Gasteiger partial charge on any atom is 0.260 e. The average molecular weight is 359 g/mol. The summed E-state index contributed by atoms with van der Waals surface area (Å²) in [5.41, 5.74) is 0. The molecule has 1 amide bonds. The number of carbonyl (C=O) groups excluding carboxylic acids is 1. The lowest BCUT2D eigenvalue weighted by Crippen LogP contribution is -2.30. The average Bonchev–Trinajstić information content (AvgIpc) is 2.90. The van der Waals surface area contributed by atoms with Gasteiger partial charge in [-0.3, -0.25) is 4.79 Å². The second-order valence-electron chi connectivity index (χ2n) is 4.19. The minimum atomic E-state index is -0.136. The van der Waals surface area contributed by atoms with Gasteiger partial charge >= 0.3 is 0 Å². The zero-order valence-electron chi connectivity index (χ0n) is 10.8. The van der Waals surface area contributed by atoms with Gasteiger partial charge in [0, 0.05) is 12.1 Å². The molecule has 0 aliphatic rings. The molecule has 4 nitrogen and oxygen atoms in total. The monoisotopic (exact) mass is 357 g/mol. The van der Waals surface area contributed by atoms with Crippen LogP contribution in [0.5, 0.6) is 5.75 Å². The van der Waals surface area contributed by atoms with Gasteiger partial charge < -0.3 is 14.1 Å². The summed E-state index contributed by atoms with van der Waals surface area (Å²) in [6.07, 6.45) is 1.58. The number of carbonyl (C=O) groups is 1. The first-order chi connectivity index (χ1) is 9.56. The topological polar surface area (TPSA) is 42.7 Å². The molecule has 2 aromatic rings. The van der Waals surface area contributed by atoms with Gasteiger partial charge in [-0.2, -0.15) is 0 Å². The number of furan rings is 1. The molecule has 1 aromatic carbocycles. The van der Waals surface area contributed by atoms with Crippen LogP contribution in [0.25, 0.3) is 0 Å². The van der Waals surface area contributed by atoms with Gasteiger partial charge in [0.1, 0.15) is 11.5 Å². The molecule has 0 atom stereocenters. The van der Waals surface area contributed by atoms with Crippen molar-refractivity contribution in [1.82, 2.24) is 4.90 Å². The van der Waals surface area contributed by atoms with Gasteiger partial charge in [0.05, 0.1) is 17.3 Å². The first-order valence-electron chi connectivity index (χ1n) is 5.90. The summed E-state index contributed by atoms with van der Waals surface area (Å²) in [6, 6.07) is 8.74. The first-order valence-corrected chi connectivity index (χ1v) is 7.07. The van der Waals surface area contributed by atoms with Crippen molar-refractivity contribution in [2.45, 2.75) is 6.54 Å². The number of rotatable bonds is 5. The quantitative estimate of drug-likeness (QED) is 0.818. The number of likely N-dealkylation sites (N-methyl/N-ethyl adjacent to an activating group) is 1.